The van der Waals surface area contributed by atoms with E-state index in [4.69, 9.17) is 19.9 Å². The zero-order valence-electron chi connectivity index (χ0n) is 14.1. The van der Waals surface area contributed by atoms with Crippen molar-refractivity contribution in [1.29, 1.82) is 0 Å². The third-order valence-corrected chi connectivity index (χ3v) is 3.95. The van der Waals surface area contributed by atoms with Crippen LogP contribution >= 0.6 is 0 Å². The van der Waals surface area contributed by atoms with Gasteiger partial charge in [0, 0.05) is 5.56 Å². The van der Waals surface area contributed by atoms with Crippen LogP contribution in [-0.4, -0.2) is 26.8 Å². The Morgan fingerprint density at radius 2 is 2.04 bits per heavy atom. The smallest absolute Gasteiger partial charge is 0.189 e. The van der Waals surface area contributed by atoms with Crippen LogP contribution in [0.15, 0.2) is 41.4 Å². The molecule has 0 saturated carbocycles. The van der Waals surface area contributed by atoms with Gasteiger partial charge in [0.25, 0.3) is 0 Å². The number of guanidine groups is 1. The highest BCUT2D eigenvalue weighted by Crippen LogP contribution is 2.32. The van der Waals surface area contributed by atoms with Gasteiger partial charge in [-0.3, -0.25) is 0 Å². The maximum absolute atomic E-state index is 13.4. The third kappa shape index (κ3) is 3.76. The van der Waals surface area contributed by atoms with Crippen molar-refractivity contribution in [2.24, 2.45) is 10.7 Å². The molecule has 0 aromatic heterocycles. The number of nitrogens with zero attached hydrogens (tertiary/aromatic N) is 1. The minimum absolute atomic E-state index is 0.222. The Morgan fingerprint density at radius 3 is 2.80 bits per heavy atom. The largest absolute Gasteiger partial charge is 0.493 e. The van der Waals surface area contributed by atoms with Crippen LogP contribution < -0.4 is 25.3 Å². The number of aliphatic imine (C=N–C) groups is 1. The van der Waals surface area contributed by atoms with Crippen LogP contribution in [0.2, 0.25) is 0 Å². The molecule has 1 aliphatic rings. The van der Waals surface area contributed by atoms with E-state index in [1.807, 2.05) is 18.2 Å². The summed E-state index contributed by atoms with van der Waals surface area (Å²) in [5.41, 5.74) is 7.62. The second-order valence-corrected chi connectivity index (χ2v) is 5.58. The Balaban J connectivity index is 1.67. The SMILES string of the molecule is COc1ccc(CN=C(N)NC2COc3ccc(F)cc32)cc1OC. The minimum Gasteiger partial charge on any atom is -0.493 e. The van der Waals surface area contributed by atoms with Crippen LogP contribution in [0.5, 0.6) is 17.2 Å². The maximum Gasteiger partial charge on any atom is 0.189 e. The Hall–Kier alpha value is -2.96. The molecule has 0 saturated heterocycles. The lowest BCUT2D eigenvalue weighted by Crippen LogP contribution is -2.35. The zero-order valence-corrected chi connectivity index (χ0v) is 14.1. The van der Waals surface area contributed by atoms with Crippen LogP contribution in [-0.2, 0) is 6.54 Å². The van der Waals surface area contributed by atoms with E-state index < -0.39 is 0 Å². The van der Waals surface area contributed by atoms with Crippen molar-refractivity contribution in [2.45, 2.75) is 12.6 Å². The number of hydrogen-bond donors (Lipinski definition) is 2. The van der Waals surface area contributed by atoms with Crippen molar-refractivity contribution >= 4 is 5.96 Å². The number of benzene rings is 2. The van der Waals surface area contributed by atoms with Crippen LogP contribution in [0.3, 0.4) is 0 Å². The maximum atomic E-state index is 13.4. The quantitative estimate of drug-likeness (QED) is 0.643. The number of ether oxygens (including phenoxy) is 3. The third-order valence-electron chi connectivity index (χ3n) is 3.95. The van der Waals surface area contributed by atoms with Crippen molar-refractivity contribution < 1.29 is 18.6 Å². The average Bonchev–Trinajstić information content (AvgIpc) is 3.01. The molecule has 0 fully saturated rings. The molecule has 3 rings (SSSR count). The normalized spacial score (nSPS) is 16.1. The summed E-state index contributed by atoms with van der Waals surface area (Å²) in [5, 5.41) is 3.06. The fourth-order valence-electron chi connectivity index (χ4n) is 2.68. The predicted molar refractivity (Wildman–Crippen MR) is 92.6 cm³/mol. The first-order valence-corrected chi connectivity index (χ1v) is 7.80. The van der Waals surface area contributed by atoms with E-state index in [-0.39, 0.29) is 17.8 Å². The highest BCUT2D eigenvalue weighted by Gasteiger charge is 2.24. The van der Waals surface area contributed by atoms with Crippen LogP contribution in [0, 0.1) is 5.82 Å². The Morgan fingerprint density at radius 1 is 1.24 bits per heavy atom. The number of nitrogens with two attached hydrogens (primary N) is 1. The van der Waals surface area contributed by atoms with Gasteiger partial charge < -0.3 is 25.3 Å². The highest BCUT2D eigenvalue weighted by atomic mass is 19.1. The average molecular weight is 345 g/mol. The molecular weight excluding hydrogens is 325 g/mol. The van der Waals surface area contributed by atoms with E-state index in [1.54, 1.807) is 20.3 Å². The molecular formula is C18H20FN3O3. The zero-order chi connectivity index (χ0) is 17.8. The number of fused-ring (bicyclic) bond motifs is 1. The van der Waals surface area contributed by atoms with Gasteiger partial charge in [0.2, 0.25) is 0 Å². The lowest BCUT2D eigenvalue weighted by atomic mass is 10.1. The van der Waals surface area contributed by atoms with E-state index in [9.17, 15) is 4.39 Å². The summed E-state index contributed by atoms with van der Waals surface area (Å²) in [6.45, 7) is 0.758. The molecule has 1 unspecified atom stereocenters. The number of halogens is 1. The number of methoxy groups -OCH3 is 2. The first kappa shape index (κ1) is 16.9. The Labute approximate surface area is 145 Å². The van der Waals surface area contributed by atoms with Gasteiger partial charge in [0.15, 0.2) is 17.5 Å². The van der Waals surface area contributed by atoms with Gasteiger partial charge >= 0.3 is 0 Å². The molecule has 1 atom stereocenters. The second-order valence-electron chi connectivity index (χ2n) is 5.58. The summed E-state index contributed by atoms with van der Waals surface area (Å²) in [5.74, 6) is 1.90. The fourth-order valence-corrected chi connectivity index (χ4v) is 2.68. The molecule has 0 spiro atoms. The molecule has 0 radical (unpaired) electrons. The van der Waals surface area contributed by atoms with Gasteiger partial charge in [-0.05, 0) is 35.9 Å². The van der Waals surface area contributed by atoms with Gasteiger partial charge in [-0.1, -0.05) is 6.07 Å². The van der Waals surface area contributed by atoms with Gasteiger partial charge in [-0.2, -0.15) is 0 Å². The molecule has 0 amide bonds. The summed E-state index contributed by atoms with van der Waals surface area (Å²) < 4.78 is 29.4. The van der Waals surface area contributed by atoms with E-state index >= 15 is 0 Å². The van der Waals surface area contributed by atoms with Gasteiger partial charge in [-0.15, -0.1) is 0 Å². The monoisotopic (exact) mass is 345 g/mol. The first-order chi connectivity index (χ1) is 12.1. The summed E-state index contributed by atoms with van der Waals surface area (Å²) in [4.78, 5) is 4.32. The fraction of sp³-hybridized carbons (Fsp3) is 0.278. The Kier molecular flexibility index (Phi) is 4.92. The van der Waals surface area contributed by atoms with Crippen LogP contribution in [0.25, 0.3) is 0 Å². The minimum atomic E-state index is -0.308. The molecule has 2 aromatic carbocycles. The standard InChI is InChI=1S/C18H20FN3O3/c1-23-16-5-3-11(7-17(16)24-2)9-21-18(20)22-14-10-25-15-6-4-12(19)8-13(14)15/h3-8,14H,9-10H2,1-2H3,(H3,20,21,22). The van der Waals surface area contributed by atoms with Crippen LogP contribution in [0.4, 0.5) is 4.39 Å². The van der Waals surface area contributed by atoms with Gasteiger partial charge in [0.1, 0.15) is 18.2 Å². The molecule has 0 bridgehead atoms. The number of rotatable bonds is 5. The lowest BCUT2D eigenvalue weighted by Gasteiger charge is -2.13. The number of nitrogens with one attached hydrogen (secondary N) is 1. The molecule has 6 nitrogen and oxygen atoms in total. The van der Waals surface area contributed by atoms with Crippen molar-refractivity contribution in [3.8, 4) is 17.2 Å². The van der Waals surface area contributed by atoms with E-state index in [0.29, 0.717) is 30.4 Å². The molecule has 1 aliphatic heterocycles. The molecule has 25 heavy (non-hydrogen) atoms. The van der Waals surface area contributed by atoms with Crippen molar-refractivity contribution in [3.05, 3.63) is 53.3 Å². The molecule has 132 valence electrons. The summed E-state index contributed by atoms with van der Waals surface area (Å²) in [7, 11) is 3.17. The Bertz CT molecular complexity index is 795. The molecule has 7 heteroatoms. The van der Waals surface area contributed by atoms with Crippen molar-refractivity contribution in [1.82, 2.24) is 5.32 Å². The summed E-state index contributed by atoms with van der Waals surface area (Å²) >= 11 is 0. The van der Waals surface area contributed by atoms with E-state index in [1.165, 1.54) is 12.1 Å². The van der Waals surface area contributed by atoms with Crippen molar-refractivity contribution in [3.63, 3.8) is 0 Å². The van der Waals surface area contributed by atoms with Gasteiger partial charge in [0.05, 0.1) is 26.8 Å². The molecule has 0 aliphatic carbocycles. The molecule has 1 heterocycles. The lowest BCUT2D eigenvalue weighted by molar-refractivity contribution is 0.324. The predicted octanol–water partition coefficient (Wildman–Crippen LogP) is 2.38. The van der Waals surface area contributed by atoms with E-state index in [0.717, 1.165) is 11.1 Å². The second kappa shape index (κ2) is 7.29. The molecule has 2 aromatic rings. The summed E-state index contributed by atoms with van der Waals surface area (Å²) in [6, 6.07) is 9.76. The van der Waals surface area contributed by atoms with Crippen molar-refractivity contribution in [2.75, 3.05) is 20.8 Å². The van der Waals surface area contributed by atoms with Gasteiger partial charge in [-0.25, -0.2) is 9.38 Å². The van der Waals surface area contributed by atoms with E-state index in [2.05, 4.69) is 10.3 Å². The highest BCUT2D eigenvalue weighted by molar-refractivity contribution is 5.78. The first-order valence-electron chi connectivity index (χ1n) is 7.80. The number of hydrogen-bond acceptors (Lipinski definition) is 4. The summed E-state index contributed by atoms with van der Waals surface area (Å²) in [6.07, 6.45) is 0. The van der Waals surface area contributed by atoms with Crippen LogP contribution in [0.1, 0.15) is 17.2 Å². The topological polar surface area (TPSA) is 78.1 Å². The molecule has 3 N–H and O–H groups in total.